The van der Waals surface area contributed by atoms with Crippen LogP contribution in [0.15, 0.2) is 23.3 Å². The summed E-state index contributed by atoms with van der Waals surface area (Å²) < 4.78 is 11.4. The standard InChI is InChI=1S/C19H28N4O2.HI/c1-20-18(23-8-5-19(13-23)6-9-24-14-19)22-11-16-4-7-21-17(10-16)25-12-15-2-3-15;/h4,7,10,15H,2-3,5-6,8-9,11-14H2,1H3,(H,20,22);1H. The lowest BCUT2D eigenvalue weighted by Gasteiger charge is -2.25. The summed E-state index contributed by atoms with van der Waals surface area (Å²) in [7, 11) is 1.86. The van der Waals surface area contributed by atoms with E-state index < -0.39 is 0 Å². The van der Waals surface area contributed by atoms with Crippen LogP contribution in [0.1, 0.15) is 31.2 Å². The number of ether oxygens (including phenoxy) is 2. The summed E-state index contributed by atoms with van der Waals surface area (Å²) in [5.74, 6) is 2.44. The quantitative estimate of drug-likeness (QED) is 0.406. The fourth-order valence-electron chi connectivity index (χ4n) is 3.73. The Bertz CT molecular complexity index is 630. The van der Waals surface area contributed by atoms with Gasteiger partial charge in [0.2, 0.25) is 5.88 Å². The van der Waals surface area contributed by atoms with Crippen LogP contribution in [0.5, 0.6) is 5.88 Å². The summed E-state index contributed by atoms with van der Waals surface area (Å²) in [5, 5.41) is 3.49. The number of halogens is 1. The molecule has 0 aromatic carbocycles. The van der Waals surface area contributed by atoms with Crippen molar-refractivity contribution in [3.8, 4) is 5.88 Å². The number of guanidine groups is 1. The normalized spacial score (nSPS) is 25.4. The maximum absolute atomic E-state index is 5.77. The number of rotatable bonds is 5. The Balaban J connectivity index is 0.00000196. The van der Waals surface area contributed by atoms with Crippen molar-refractivity contribution in [2.45, 2.75) is 32.2 Å². The summed E-state index contributed by atoms with van der Waals surface area (Å²) in [4.78, 5) is 11.1. The van der Waals surface area contributed by atoms with Gasteiger partial charge in [0.15, 0.2) is 5.96 Å². The number of aliphatic imine (C=N–C) groups is 1. The SMILES string of the molecule is CN=C(NCc1ccnc(OCC2CC2)c1)N1CCC2(CCOC2)C1.I. The zero-order chi connectivity index (χ0) is 17.1. The molecule has 0 amide bonds. The number of hydrogen-bond donors (Lipinski definition) is 1. The number of pyridine rings is 1. The van der Waals surface area contributed by atoms with Crippen LogP contribution in [0.25, 0.3) is 0 Å². The second-order valence-corrected chi connectivity index (χ2v) is 7.63. The van der Waals surface area contributed by atoms with E-state index in [1.807, 2.05) is 25.4 Å². The molecule has 1 aliphatic carbocycles. The molecule has 3 heterocycles. The van der Waals surface area contributed by atoms with E-state index in [1.165, 1.54) is 31.2 Å². The van der Waals surface area contributed by atoms with E-state index >= 15 is 0 Å². The zero-order valence-electron chi connectivity index (χ0n) is 15.4. The van der Waals surface area contributed by atoms with Crippen molar-refractivity contribution in [1.29, 1.82) is 0 Å². The molecule has 3 aliphatic rings. The summed E-state index contributed by atoms with van der Waals surface area (Å²) in [5.41, 5.74) is 1.51. The fourth-order valence-corrected chi connectivity index (χ4v) is 3.73. The van der Waals surface area contributed by atoms with Gasteiger partial charge in [0.1, 0.15) is 0 Å². The molecular formula is C19H29IN4O2. The summed E-state index contributed by atoms with van der Waals surface area (Å²) in [6.07, 6.45) is 6.78. The molecule has 1 aromatic heterocycles. The topological polar surface area (TPSA) is 59.0 Å². The van der Waals surface area contributed by atoms with E-state index in [2.05, 4.69) is 20.2 Å². The van der Waals surface area contributed by atoms with E-state index in [0.29, 0.717) is 5.41 Å². The van der Waals surface area contributed by atoms with Gasteiger partial charge in [-0.05, 0) is 43.2 Å². The average Bonchev–Trinajstić information content (AvgIpc) is 3.22. The Labute approximate surface area is 172 Å². The van der Waals surface area contributed by atoms with Crippen molar-refractivity contribution in [2.75, 3.05) is 40.0 Å². The molecule has 26 heavy (non-hydrogen) atoms. The predicted octanol–water partition coefficient (Wildman–Crippen LogP) is 2.68. The molecule has 0 bridgehead atoms. The van der Waals surface area contributed by atoms with Crippen LogP contribution in [0.2, 0.25) is 0 Å². The molecule has 3 fully saturated rings. The van der Waals surface area contributed by atoms with Crippen LogP contribution in [0, 0.1) is 11.3 Å². The second-order valence-electron chi connectivity index (χ2n) is 7.63. The lowest BCUT2D eigenvalue weighted by molar-refractivity contribution is 0.156. The van der Waals surface area contributed by atoms with Crippen LogP contribution < -0.4 is 10.1 Å². The van der Waals surface area contributed by atoms with E-state index in [1.54, 1.807) is 0 Å². The van der Waals surface area contributed by atoms with Gasteiger partial charge in [-0.15, -0.1) is 24.0 Å². The molecule has 7 heteroatoms. The van der Waals surface area contributed by atoms with Crippen molar-refractivity contribution in [1.82, 2.24) is 15.2 Å². The Kier molecular flexibility index (Phi) is 6.60. The molecular weight excluding hydrogens is 443 g/mol. The molecule has 1 N–H and O–H groups in total. The number of nitrogens with zero attached hydrogens (tertiary/aromatic N) is 3. The Morgan fingerprint density at radius 1 is 1.46 bits per heavy atom. The number of hydrogen-bond acceptors (Lipinski definition) is 4. The summed E-state index contributed by atoms with van der Waals surface area (Å²) in [6, 6.07) is 4.06. The predicted molar refractivity (Wildman–Crippen MR) is 112 cm³/mol. The first-order valence-electron chi connectivity index (χ1n) is 9.37. The summed E-state index contributed by atoms with van der Waals surface area (Å²) in [6.45, 7) is 5.42. The van der Waals surface area contributed by atoms with Crippen LogP contribution in [0.3, 0.4) is 0 Å². The third-order valence-corrected chi connectivity index (χ3v) is 5.55. The second kappa shape index (κ2) is 8.73. The molecule has 1 atom stereocenters. The third kappa shape index (κ3) is 4.79. The van der Waals surface area contributed by atoms with E-state index in [0.717, 1.165) is 57.2 Å². The Morgan fingerprint density at radius 2 is 2.35 bits per heavy atom. The van der Waals surface area contributed by atoms with Crippen molar-refractivity contribution in [3.05, 3.63) is 23.9 Å². The van der Waals surface area contributed by atoms with Gasteiger partial charge in [0.05, 0.1) is 13.2 Å². The fraction of sp³-hybridized carbons (Fsp3) is 0.684. The molecule has 2 saturated heterocycles. The van der Waals surface area contributed by atoms with Crippen LogP contribution in [-0.2, 0) is 11.3 Å². The first kappa shape index (κ1) is 19.7. The number of nitrogens with one attached hydrogen (secondary N) is 1. The van der Waals surface area contributed by atoms with Crippen LogP contribution in [0.4, 0.5) is 0 Å². The van der Waals surface area contributed by atoms with Crippen molar-refractivity contribution < 1.29 is 9.47 Å². The molecule has 1 saturated carbocycles. The lowest BCUT2D eigenvalue weighted by atomic mass is 9.87. The van der Waals surface area contributed by atoms with Gasteiger partial charge in [-0.25, -0.2) is 4.98 Å². The average molecular weight is 472 g/mol. The number of likely N-dealkylation sites (tertiary alicyclic amines) is 1. The maximum atomic E-state index is 5.77. The molecule has 1 aromatic rings. The summed E-state index contributed by atoms with van der Waals surface area (Å²) >= 11 is 0. The zero-order valence-corrected chi connectivity index (χ0v) is 17.8. The molecule has 2 aliphatic heterocycles. The van der Waals surface area contributed by atoms with Gasteiger partial charge in [-0.3, -0.25) is 4.99 Å². The van der Waals surface area contributed by atoms with Gasteiger partial charge >= 0.3 is 0 Å². The molecule has 1 spiro atoms. The highest BCUT2D eigenvalue weighted by molar-refractivity contribution is 14.0. The van der Waals surface area contributed by atoms with Gasteiger partial charge in [-0.1, -0.05) is 0 Å². The Hall–Kier alpha value is -1.09. The first-order chi connectivity index (χ1) is 12.3. The third-order valence-electron chi connectivity index (χ3n) is 5.55. The van der Waals surface area contributed by atoms with Crippen molar-refractivity contribution >= 4 is 29.9 Å². The van der Waals surface area contributed by atoms with Gasteiger partial charge in [0, 0.05) is 51.0 Å². The molecule has 0 radical (unpaired) electrons. The highest BCUT2D eigenvalue weighted by Crippen LogP contribution is 2.38. The molecule has 6 nitrogen and oxygen atoms in total. The van der Waals surface area contributed by atoms with Crippen LogP contribution >= 0.6 is 24.0 Å². The Morgan fingerprint density at radius 3 is 3.08 bits per heavy atom. The van der Waals surface area contributed by atoms with E-state index in [-0.39, 0.29) is 24.0 Å². The first-order valence-corrected chi connectivity index (χ1v) is 9.37. The van der Waals surface area contributed by atoms with Gasteiger partial charge < -0.3 is 19.7 Å². The van der Waals surface area contributed by atoms with E-state index in [9.17, 15) is 0 Å². The minimum atomic E-state index is 0. The van der Waals surface area contributed by atoms with Gasteiger partial charge in [-0.2, -0.15) is 0 Å². The van der Waals surface area contributed by atoms with Gasteiger partial charge in [0.25, 0.3) is 0 Å². The number of aromatic nitrogens is 1. The monoisotopic (exact) mass is 472 g/mol. The minimum absolute atomic E-state index is 0. The van der Waals surface area contributed by atoms with Crippen molar-refractivity contribution in [3.63, 3.8) is 0 Å². The van der Waals surface area contributed by atoms with Crippen molar-refractivity contribution in [2.24, 2.45) is 16.3 Å². The van der Waals surface area contributed by atoms with Crippen LogP contribution in [-0.4, -0.2) is 55.8 Å². The highest BCUT2D eigenvalue weighted by Gasteiger charge is 2.42. The van der Waals surface area contributed by atoms with E-state index in [4.69, 9.17) is 9.47 Å². The highest BCUT2D eigenvalue weighted by atomic mass is 127. The lowest BCUT2D eigenvalue weighted by Crippen LogP contribution is -2.41. The largest absolute Gasteiger partial charge is 0.477 e. The molecule has 4 rings (SSSR count). The minimum Gasteiger partial charge on any atom is -0.477 e. The smallest absolute Gasteiger partial charge is 0.213 e. The molecule has 1 unspecified atom stereocenters. The maximum Gasteiger partial charge on any atom is 0.213 e. The molecule has 144 valence electrons.